The summed E-state index contributed by atoms with van der Waals surface area (Å²) in [6, 6.07) is 18.5. The van der Waals surface area contributed by atoms with Crippen molar-refractivity contribution in [1.29, 1.82) is 0 Å². The van der Waals surface area contributed by atoms with Crippen LogP contribution in [0.5, 0.6) is 5.88 Å². The Morgan fingerprint density at radius 2 is 1.64 bits per heavy atom. The minimum absolute atomic E-state index is 0.0443. The molecule has 1 heterocycles. The Labute approximate surface area is 257 Å². The SMILES string of the molecule is O=c1c2ccccc2c(C=NNc2ccc(S(=O)(=O)Nc3ccc(Cl)cc3)cc2[N+](=O)[O-])c(O)n1-c1cccc(C(F)(F)F)c1. The number of fused-ring (bicyclic) bond motifs is 1. The number of aromatic hydroxyl groups is 1. The molecule has 0 saturated heterocycles. The molecule has 0 bridgehead atoms. The van der Waals surface area contributed by atoms with Crippen LogP contribution in [0.3, 0.4) is 0 Å². The maximum Gasteiger partial charge on any atom is 0.416 e. The van der Waals surface area contributed by atoms with Crippen molar-refractivity contribution in [3.63, 3.8) is 0 Å². The molecule has 5 rings (SSSR count). The zero-order valence-corrected chi connectivity index (χ0v) is 24.1. The van der Waals surface area contributed by atoms with Gasteiger partial charge in [-0.05, 0) is 60.7 Å². The van der Waals surface area contributed by atoms with E-state index in [1.54, 1.807) is 6.07 Å². The number of nitrogens with zero attached hydrogens (tertiary/aromatic N) is 3. The third kappa shape index (κ3) is 6.44. The van der Waals surface area contributed by atoms with E-state index >= 15 is 0 Å². The molecule has 0 saturated carbocycles. The van der Waals surface area contributed by atoms with E-state index in [1.807, 2.05) is 0 Å². The molecule has 0 aliphatic rings. The van der Waals surface area contributed by atoms with Crippen LogP contribution in [-0.4, -0.2) is 29.2 Å². The predicted octanol–water partition coefficient (Wildman–Crippen LogP) is 6.52. The second-order valence-corrected chi connectivity index (χ2v) is 11.5. The van der Waals surface area contributed by atoms with Crippen molar-refractivity contribution in [2.45, 2.75) is 11.1 Å². The number of halogens is 4. The van der Waals surface area contributed by atoms with Crippen LogP contribution < -0.4 is 15.7 Å². The summed E-state index contributed by atoms with van der Waals surface area (Å²) >= 11 is 5.82. The number of nitrogens with one attached hydrogen (secondary N) is 2. The van der Waals surface area contributed by atoms with Crippen molar-refractivity contribution < 1.29 is 31.6 Å². The molecule has 0 aliphatic heterocycles. The number of alkyl halides is 3. The lowest BCUT2D eigenvalue weighted by Gasteiger charge is -2.15. The lowest BCUT2D eigenvalue weighted by atomic mass is 10.1. The summed E-state index contributed by atoms with van der Waals surface area (Å²) in [6.45, 7) is 0. The third-order valence-corrected chi connectivity index (χ3v) is 8.12. The smallest absolute Gasteiger partial charge is 0.416 e. The lowest BCUT2D eigenvalue weighted by Crippen LogP contribution is -2.20. The standard InChI is InChI=1S/C29H19ClF3N5O6S/c30-18-8-10-19(11-9-18)36-45(43,44)21-12-13-25(26(15-21)38(41)42)35-34-16-24-22-6-1-2-7-23(22)27(39)37(28(24)40)20-5-3-4-17(14-20)29(31,32)33/h1-16,35-36,40H. The van der Waals surface area contributed by atoms with Gasteiger partial charge in [-0.15, -0.1) is 0 Å². The minimum atomic E-state index is -4.71. The van der Waals surface area contributed by atoms with Gasteiger partial charge in [0, 0.05) is 27.5 Å². The highest BCUT2D eigenvalue weighted by atomic mass is 35.5. The summed E-state index contributed by atoms with van der Waals surface area (Å²) in [6.07, 6.45) is -3.69. The number of nitro groups is 1. The van der Waals surface area contributed by atoms with Crippen LogP contribution in [0, 0.1) is 10.1 Å². The fourth-order valence-corrected chi connectivity index (χ4v) is 5.58. The van der Waals surface area contributed by atoms with Crippen molar-refractivity contribution in [3.8, 4) is 11.6 Å². The first-order chi connectivity index (χ1) is 21.3. The maximum absolute atomic E-state index is 13.4. The zero-order valence-electron chi connectivity index (χ0n) is 22.5. The highest BCUT2D eigenvalue weighted by Crippen LogP contribution is 2.33. The number of hydrogen-bond donors (Lipinski definition) is 3. The molecule has 0 aliphatic carbocycles. The summed E-state index contributed by atoms with van der Waals surface area (Å²) in [5.41, 5.74) is -0.487. The number of nitro benzene ring substituents is 1. The van der Waals surface area contributed by atoms with Gasteiger partial charge in [-0.1, -0.05) is 35.9 Å². The first kappa shape index (κ1) is 31.0. The van der Waals surface area contributed by atoms with Gasteiger partial charge in [-0.2, -0.15) is 18.3 Å². The molecule has 0 fully saturated rings. The Bertz CT molecular complexity index is 2150. The van der Waals surface area contributed by atoms with Gasteiger partial charge in [0.25, 0.3) is 21.3 Å². The van der Waals surface area contributed by atoms with Crippen LogP contribution in [0.1, 0.15) is 11.1 Å². The van der Waals surface area contributed by atoms with Crippen LogP contribution in [-0.2, 0) is 16.2 Å². The second kappa shape index (κ2) is 11.9. The van der Waals surface area contributed by atoms with Gasteiger partial charge in [-0.25, -0.2) is 13.0 Å². The minimum Gasteiger partial charge on any atom is -0.494 e. The van der Waals surface area contributed by atoms with Crippen LogP contribution in [0.2, 0.25) is 5.02 Å². The molecule has 0 radical (unpaired) electrons. The second-order valence-electron chi connectivity index (χ2n) is 9.39. The average Bonchev–Trinajstić information content (AvgIpc) is 2.99. The van der Waals surface area contributed by atoms with E-state index in [0.29, 0.717) is 15.7 Å². The fraction of sp³-hybridized carbons (Fsp3) is 0.0345. The molecular weight excluding hydrogens is 639 g/mol. The molecule has 4 aromatic carbocycles. The third-order valence-electron chi connectivity index (χ3n) is 6.49. The fourth-order valence-electron chi connectivity index (χ4n) is 4.37. The van der Waals surface area contributed by atoms with E-state index in [9.17, 15) is 41.6 Å². The molecule has 1 aromatic heterocycles. The van der Waals surface area contributed by atoms with E-state index in [1.165, 1.54) is 48.5 Å². The maximum atomic E-state index is 13.4. The number of rotatable bonds is 8. The van der Waals surface area contributed by atoms with Crippen molar-refractivity contribution in [1.82, 2.24) is 4.57 Å². The number of sulfonamides is 1. The lowest BCUT2D eigenvalue weighted by molar-refractivity contribution is -0.384. The van der Waals surface area contributed by atoms with Crippen LogP contribution >= 0.6 is 11.6 Å². The molecule has 230 valence electrons. The Kier molecular flexibility index (Phi) is 8.23. The topological polar surface area (TPSA) is 156 Å². The van der Waals surface area contributed by atoms with E-state index in [-0.39, 0.29) is 33.4 Å². The number of benzene rings is 4. The van der Waals surface area contributed by atoms with Gasteiger partial charge >= 0.3 is 6.18 Å². The first-order valence-electron chi connectivity index (χ1n) is 12.7. The van der Waals surface area contributed by atoms with Gasteiger partial charge in [0.15, 0.2) is 0 Å². The number of hydrazone groups is 1. The summed E-state index contributed by atoms with van der Waals surface area (Å²) < 4.78 is 68.8. The normalized spacial score (nSPS) is 12.0. The highest BCUT2D eigenvalue weighted by Gasteiger charge is 2.31. The molecule has 0 spiro atoms. The van der Waals surface area contributed by atoms with Gasteiger partial charge in [0.1, 0.15) is 5.69 Å². The van der Waals surface area contributed by atoms with E-state index in [2.05, 4.69) is 15.2 Å². The zero-order chi connectivity index (χ0) is 32.5. The molecule has 16 heteroatoms. The average molecular weight is 658 g/mol. The van der Waals surface area contributed by atoms with E-state index in [0.717, 1.165) is 36.5 Å². The number of aromatic nitrogens is 1. The molecule has 0 unspecified atom stereocenters. The Morgan fingerprint density at radius 1 is 0.956 bits per heavy atom. The molecule has 0 atom stereocenters. The summed E-state index contributed by atoms with van der Waals surface area (Å²) in [5, 5.41) is 27.5. The van der Waals surface area contributed by atoms with Crippen molar-refractivity contribution in [2.24, 2.45) is 5.10 Å². The quantitative estimate of drug-likeness (QED) is 0.0974. The number of anilines is 2. The highest BCUT2D eigenvalue weighted by molar-refractivity contribution is 7.92. The largest absolute Gasteiger partial charge is 0.494 e. The predicted molar refractivity (Wildman–Crippen MR) is 163 cm³/mol. The summed E-state index contributed by atoms with van der Waals surface area (Å²) in [5.74, 6) is -0.743. The first-order valence-corrected chi connectivity index (χ1v) is 14.5. The van der Waals surface area contributed by atoms with E-state index in [4.69, 9.17) is 11.6 Å². The van der Waals surface area contributed by atoms with Crippen LogP contribution in [0.4, 0.5) is 30.2 Å². The van der Waals surface area contributed by atoms with Gasteiger partial charge in [0.05, 0.1) is 32.8 Å². The molecule has 5 aromatic rings. The monoisotopic (exact) mass is 657 g/mol. The summed E-state index contributed by atoms with van der Waals surface area (Å²) in [4.78, 5) is 23.8. The van der Waals surface area contributed by atoms with Gasteiger partial charge < -0.3 is 5.11 Å². The van der Waals surface area contributed by atoms with Crippen molar-refractivity contribution >= 4 is 55.7 Å². The van der Waals surface area contributed by atoms with Crippen LogP contribution in [0.15, 0.2) is 106 Å². The molecule has 11 nitrogen and oxygen atoms in total. The Hall–Kier alpha value is -5.41. The number of pyridine rings is 1. The Balaban J connectivity index is 1.52. The molecule has 45 heavy (non-hydrogen) atoms. The van der Waals surface area contributed by atoms with Crippen molar-refractivity contribution in [3.05, 3.63) is 128 Å². The van der Waals surface area contributed by atoms with Crippen molar-refractivity contribution in [2.75, 3.05) is 10.1 Å². The summed E-state index contributed by atoms with van der Waals surface area (Å²) in [7, 11) is -4.24. The molecule has 0 amide bonds. The molecular formula is C29H19ClF3N5O6S. The Morgan fingerprint density at radius 3 is 2.31 bits per heavy atom. The number of hydrogen-bond acceptors (Lipinski definition) is 8. The van der Waals surface area contributed by atoms with Gasteiger partial charge in [0.2, 0.25) is 5.88 Å². The van der Waals surface area contributed by atoms with Gasteiger partial charge in [-0.3, -0.25) is 25.1 Å². The van der Waals surface area contributed by atoms with Crippen LogP contribution in [0.25, 0.3) is 16.5 Å². The molecule has 3 N–H and O–H groups in total. The van der Waals surface area contributed by atoms with E-state index < -0.39 is 48.7 Å².